The lowest BCUT2D eigenvalue weighted by molar-refractivity contribution is 0.711. The van der Waals surface area contributed by atoms with Crippen LogP contribution < -0.4 is 4.90 Å². The topological polar surface area (TPSA) is 46.8 Å². The summed E-state index contributed by atoms with van der Waals surface area (Å²) in [4.78, 5) is 10.5. The number of anilines is 1. The standard InChI is InChI=1S/C11H15N5/c1-9(10-7-14-15(2)8-10)16(3)11-12-5-4-6-13-11/h4-9H,1-3H3. The molecule has 0 fully saturated rings. The Hall–Kier alpha value is -1.91. The van der Waals surface area contributed by atoms with Crippen LogP contribution in [0, 0.1) is 0 Å². The molecule has 1 atom stereocenters. The highest BCUT2D eigenvalue weighted by atomic mass is 15.3. The van der Waals surface area contributed by atoms with Gasteiger partial charge in [-0.3, -0.25) is 4.68 Å². The number of hydrogen-bond acceptors (Lipinski definition) is 4. The van der Waals surface area contributed by atoms with Crippen molar-refractivity contribution in [2.45, 2.75) is 13.0 Å². The quantitative estimate of drug-likeness (QED) is 0.779. The van der Waals surface area contributed by atoms with Gasteiger partial charge in [0.25, 0.3) is 0 Å². The number of nitrogens with zero attached hydrogens (tertiary/aromatic N) is 5. The van der Waals surface area contributed by atoms with Gasteiger partial charge in [-0.15, -0.1) is 0 Å². The third-order valence-corrected chi connectivity index (χ3v) is 2.66. The van der Waals surface area contributed by atoms with E-state index >= 15 is 0 Å². The third kappa shape index (κ3) is 2.03. The smallest absolute Gasteiger partial charge is 0.225 e. The summed E-state index contributed by atoms with van der Waals surface area (Å²) in [6, 6.07) is 2.02. The van der Waals surface area contributed by atoms with Crippen LogP contribution in [0.3, 0.4) is 0 Å². The molecular weight excluding hydrogens is 202 g/mol. The van der Waals surface area contributed by atoms with Crippen molar-refractivity contribution in [3.63, 3.8) is 0 Å². The molecule has 0 N–H and O–H groups in total. The molecule has 16 heavy (non-hydrogen) atoms. The van der Waals surface area contributed by atoms with Gasteiger partial charge in [0.2, 0.25) is 5.95 Å². The number of rotatable bonds is 3. The molecule has 2 aromatic heterocycles. The first-order valence-corrected chi connectivity index (χ1v) is 5.17. The van der Waals surface area contributed by atoms with Crippen LogP contribution in [-0.4, -0.2) is 26.8 Å². The molecule has 0 amide bonds. The van der Waals surface area contributed by atoms with E-state index in [1.54, 1.807) is 17.1 Å². The minimum absolute atomic E-state index is 0.205. The first-order chi connectivity index (χ1) is 7.68. The molecule has 0 saturated heterocycles. The van der Waals surface area contributed by atoms with Crippen LogP contribution in [0.2, 0.25) is 0 Å². The van der Waals surface area contributed by atoms with Gasteiger partial charge < -0.3 is 4.90 Å². The van der Waals surface area contributed by atoms with E-state index < -0.39 is 0 Å². The number of aryl methyl sites for hydroxylation is 1. The summed E-state index contributed by atoms with van der Waals surface area (Å²) in [5.74, 6) is 0.721. The van der Waals surface area contributed by atoms with E-state index in [9.17, 15) is 0 Å². The summed E-state index contributed by atoms with van der Waals surface area (Å²) >= 11 is 0. The fourth-order valence-corrected chi connectivity index (χ4v) is 1.53. The summed E-state index contributed by atoms with van der Waals surface area (Å²) in [5, 5.41) is 4.16. The van der Waals surface area contributed by atoms with Gasteiger partial charge in [-0.2, -0.15) is 5.10 Å². The van der Waals surface area contributed by atoms with Crippen LogP contribution >= 0.6 is 0 Å². The SMILES string of the molecule is CC(c1cnn(C)c1)N(C)c1ncccn1. The molecule has 0 aliphatic rings. The normalized spacial score (nSPS) is 12.4. The Labute approximate surface area is 94.8 Å². The Kier molecular flexibility index (Phi) is 2.85. The van der Waals surface area contributed by atoms with E-state index in [0.717, 1.165) is 11.5 Å². The van der Waals surface area contributed by atoms with Gasteiger partial charge in [-0.1, -0.05) is 0 Å². The third-order valence-electron chi connectivity index (χ3n) is 2.66. The minimum Gasteiger partial charge on any atom is -0.337 e. The molecule has 2 heterocycles. The zero-order valence-electron chi connectivity index (χ0n) is 9.70. The van der Waals surface area contributed by atoms with Crippen molar-refractivity contribution in [2.75, 3.05) is 11.9 Å². The Morgan fingerprint density at radius 3 is 2.56 bits per heavy atom. The van der Waals surface area contributed by atoms with Crippen molar-refractivity contribution >= 4 is 5.95 Å². The predicted octanol–water partition coefficient (Wildman–Crippen LogP) is 1.41. The maximum Gasteiger partial charge on any atom is 0.225 e. The van der Waals surface area contributed by atoms with Gasteiger partial charge in [0, 0.05) is 38.2 Å². The summed E-state index contributed by atoms with van der Waals surface area (Å²) in [6.45, 7) is 2.10. The molecule has 0 aliphatic heterocycles. The molecule has 2 aromatic rings. The van der Waals surface area contributed by atoms with Crippen molar-refractivity contribution in [3.8, 4) is 0 Å². The molecule has 0 bridgehead atoms. The van der Waals surface area contributed by atoms with E-state index in [1.165, 1.54) is 0 Å². The van der Waals surface area contributed by atoms with Crippen molar-refractivity contribution in [1.29, 1.82) is 0 Å². The number of hydrogen-bond donors (Lipinski definition) is 0. The predicted molar refractivity (Wildman–Crippen MR) is 62.1 cm³/mol. The maximum absolute atomic E-state index is 4.22. The van der Waals surface area contributed by atoms with E-state index in [-0.39, 0.29) is 6.04 Å². The Bertz CT molecular complexity index is 450. The number of aromatic nitrogens is 4. The lowest BCUT2D eigenvalue weighted by Crippen LogP contribution is -2.23. The van der Waals surface area contributed by atoms with Crippen molar-refractivity contribution in [2.24, 2.45) is 7.05 Å². The van der Waals surface area contributed by atoms with Crippen LogP contribution in [0.4, 0.5) is 5.95 Å². The second-order valence-electron chi connectivity index (χ2n) is 3.78. The second-order valence-corrected chi connectivity index (χ2v) is 3.78. The van der Waals surface area contributed by atoms with Crippen molar-refractivity contribution in [1.82, 2.24) is 19.7 Å². The summed E-state index contributed by atoms with van der Waals surface area (Å²) in [5.41, 5.74) is 1.15. The van der Waals surface area contributed by atoms with Gasteiger partial charge in [0.15, 0.2) is 0 Å². The maximum atomic E-state index is 4.22. The van der Waals surface area contributed by atoms with E-state index in [2.05, 4.69) is 22.0 Å². The minimum atomic E-state index is 0.205. The molecule has 1 unspecified atom stereocenters. The second kappa shape index (κ2) is 4.30. The van der Waals surface area contributed by atoms with E-state index in [1.807, 2.05) is 37.5 Å². The zero-order chi connectivity index (χ0) is 11.5. The van der Waals surface area contributed by atoms with Crippen LogP contribution in [-0.2, 0) is 7.05 Å². The monoisotopic (exact) mass is 217 g/mol. The van der Waals surface area contributed by atoms with E-state index in [0.29, 0.717) is 0 Å². The molecule has 0 saturated carbocycles. The Morgan fingerprint density at radius 2 is 2.00 bits per heavy atom. The summed E-state index contributed by atoms with van der Waals surface area (Å²) < 4.78 is 1.80. The van der Waals surface area contributed by atoms with Crippen LogP contribution in [0.15, 0.2) is 30.9 Å². The van der Waals surface area contributed by atoms with Crippen molar-refractivity contribution in [3.05, 3.63) is 36.4 Å². The fraction of sp³-hybridized carbons (Fsp3) is 0.364. The zero-order valence-corrected chi connectivity index (χ0v) is 9.70. The summed E-state index contributed by atoms with van der Waals surface area (Å²) in [6.07, 6.45) is 7.36. The summed E-state index contributed by atoms with van der Waals surface area (Å²) in [7, 11) is 3.89. The molecule has 2 rings (SSSR count). The largest absolute Gasteiger partial charge is 0.337 e. The molecule has 0 aromatic carbocycles. The molecule has 0 spiro atoms. The Balaban J connectivity index is 2.19. The Morgan fingerprint density at radius 1 is 1.31 bits per heavy atom. The van der Waals surface area contributed by atoms with Gasteiger partial charge in [0.05, 0.1) is 12.2 Å². The van der Waals surface area contributed by atoms with E-state index in [4.69, 9.17) is 0 Å². The molecule has 0 aliphatic carbocycles. The average molecular weight is 217 g/mol. The van der Waals surface area contributed by atoms with Gasteiger partial charge >= 0.3 is 0 Å². The van der Waals surface area contributed by atoms with Crippen molar-refractivity contribution < 1.29 is 0 Å². The van der Waals surface area contributed by atoms with Gasteiger partial charge in [-0.05, 0) is 13.0 Å². The molecule has 5 nitrogen and oxygen atoms in total. The molecule has 0 radical (unpaired) electrons. The molecule has 5 heteroatoms. The highest BCUT2D eigenvalue weighted by molar-refractivity contribution is 5.32. The van der Waals surface area contributed by atoms with Gasteiger partial charge in [-0.25, -0.2) is 9.97 Å². The van der Waals surface area contributed by atoms with Crippen LogP contribution in [0.25, 0.3) is 0 Å². The molecular formula is C11H15N5. The first kappa shape index (κ1) is 10.6. The lowest BCUT2D eigenvalue weighted by Gasteiger charge is -2.23. The molecule has 84 valence electrons. The highest BCUT2D eigenvalue weighted by Gasteiger charge is 2.15. The fourth-order valence-electron chi connectivity index (χ4n) is 1.53. The highest BCUT2D eigenvalue weighted by Crippen LogP contribution is 2.20. The lowest BCUT2D eigenvalue weighted by atomic mass is 10.2. The van der Waals surface area contributed by atoms with Crippen LogP contribution in [0.5, 0.6) is 0 Å². The van der Waals surface area contributed by atoms with Crippen LogP contribution in [0.1, 0.15) is 18.5 Å². The van der Waals surface area contributed by atoms with Gasteiger partial charge in [0.1, 0.15) is 0 Å². The first-order valence-electron chi connectivity index (χ1n) is 5.17. The average Bonchev–Trinajstić information content (AvgIpc) is 2.75.